The number of rotatable bonds is 4. The molecule has 0 aromatic heterocycles. The molecule has 0 radical (unpaired) electrons. The van der Waals surface area contributed by atoms with E-state index in [1.807, 2.05) is 13.2 Å². The summed E-state index contributed by atoms with van der Waals surface area (Å²) in [7, 11) is 1.81. The van der Waals surface area contributed by atoms with E-state index in [1.54, 1.807) is 0 Å². The van der Waals surface area contributed by atoms with Crippen LogP contribution in [0.2, 0.25) is 0 Å². The molecule has 0 aliphatic carbocycles. The van der Waals surface area contributed by atoms with Crippen LogP contribution in [0.1, 0.15) is 33.6 Å². The lowest BCUT2D eigenvalue weighted by Crippen LogP contribution is -2.28. The molecule has 0 heterocycles. The first-order valence-electron chi connectivity index (χ1n) is 4.83. The zero-order valence-corrected chi connectivity index (χ0v) is 10.3. The number of thiocarbonyl (C=S) groups is 1. The Morgan fingerprint density at radius 3 is 2.43 bits per heavy atom. The van der Waals surface area contributed by atoms with Crippen molar-refractivity contribution in [2.24, 2.45) is 0 Å². The van der Waals surface area contributed by atoms with Crippen LogP contribution in [0, 0.1) is 0 Å². The maximum Gasteiger partial charge on any atom is 0.170 e. The van der Waals surface area contributed by atoms with Crippen molar-refractivity contribution in [2.45, 2.75) is 33.6 Å². The monoisotopic (exact) mass is 212 g/mol. The first-order valence-corrected chi connectivity index (χ1v) is 5.24. The molecular weight excluding hydrogens is 192 g/mol. The van der Waals surface area contributed by atoms with Gasteiger partial charge in [-0.1, -0.05) is 17.2 Å². The minimum Gasteiger partial charge on any atom is -0.366 e. The van der Waals surface area contributed by atoms with Crippen molar-refractivity contribution < 1.29 is 0 Å². The summed E-state index contributed by atoms with van der Waals surface area (Å²) in [4.78, 5) is 0. The van der Waals surface area contributed by atoms with Gasteiger partial charge in [-0.15, -0.1) is 0 Å². The molecule has 0 atom stereocenters. The molecule has 2 N–H and O–H groups in total. The van der Waals surface area contributed by atoms with Gasteiger partial charge in [-0.05, 0) is 45.8 Å². The molecule has 0 unspecified atom stereocenters. The predicted octanol–water partition coefficient (Wildman–Crippen LogP) is 2.73. The summed E-state index contributed by atoms with van der Waals surface area (Å²) in [5.41, 5.74) is 2.68. The lowest BCUT2D eigenvalue weighted by Gasteiger charge is -2.03. The van der Waals surface area contributed by atoms with E-state index in [0.717, 1.165) is 12.8 Å². The minimum absolute atomic E-state index is 0.659. The smallest absolute Gasteiger partial charge is 0.170 e. The van der Waals surface area contributed by atoms with Crippen LogP contribution in [-0.2, 0) is 0 Å². The summed E-state index contributed by atoms with van der Waals surface area (Å²) in [5.74, 6) is 0. The lowest BCUT2D eigenvalue weighted by atomic mass is 10.1. The van der Waals surface area contributed by atoms with Crippen LogP contribution in [0.4, 0.5) is 0 Å². The Morgan fingerprint density at radius 1 is 1.29 bits per heavy atom. The minimum atomic E-state index is 0.659. The standard InChI is InChI=1S/C11H20N2S/c1-9(2)6-5-7-10(3)8-13-11(14)12-4/h6,8H,5,7H2,1-4H3,(H2,12,13,14)/b10-8-. The van der Waals surface area contributed by atoms with Crippen LogP contribution in [-0.4, -0.2) is 12.2 Å². The topological polar surface area (TPSA) is 24.1 Å². The average molecular weight is 212 g/mol. The van der Waals surface area contributed by atoms with Crippen LogP contribution in [0.15, 0.2) is 23.4 Å². The zero-order chi connectivity index (χ0) is 11.0. The molecular formula is C11H20N2S. The Kier molecular flexibility index (Phi) is 7.11. The third-order valence-corrected chi connectivity index (χ3v) is 2.09. The van der Waals surface area contributed by atoms with Crippen LogP contribution >= 0.6 is 12.2 Å². The number of nitrogens with one attached hydrogen (secondary N) is 2. The van der Waals surface area contributed by atoms with E-state index in [4.69, 9.17) is 12.2 Å². The van der Waals surface area contributed by atoms with Crippen LogP contribution < -0.4 is 10.6 Å². The molecule has 0 aliphatic rings. The fraction of sp³-hybridized carbons (Fsp3) is 0.545. The van der Waals surface area contributed by atoms with E-state index in [9.17, 15) is 0 Å². The predicted molar refractivity (Wildman–Crippen MR) is 67.2 cm³/mol. The SMILES string of the molecule is CNC(=S)N/C=C(/C)CCC=C(C)C. The molecule has 0 bridgehead atoms. The molecule has 14 heavy (non-hydrogen) atoms. The second-order valence-corrected chi connectivity index (χ2v) is 3.94. The maximum absolute atomic E-state index is 4.95. The van der Waals surface area contributed by atoms with E-state index < -0.39 is 0 Å². The summed E-state index contributed by atoms with van der Waals surface area (Å²) in [6.45, 7) is 6.34. The molecule has 2 nitrogen and oxygen atoms in total. The second-order valence-electron chi connectivity index (χ2n) is 3.53. The number of hydrogen-bond acceptors (Lipinski definition) is 1. The van der Waals surface area contributed by atoms with E-state index in [1.165, 1.54) is 11.1 Å². The highest BCUT2D eigenvalue weighted by atomic mass is 32.1. The van der Waals surface area contributed by atoms with Crippen molar-refractivity contribution >= 4 is 17.3 Å². The van der Waals surface area contributed by atoms with Gasteiger partial charge in [0.25, 0.3) is 0 Å². The molecule has 0 saturated carbocycles. The summed E-state index contributed by atoms with van der Waals surface area (Å²) in [5, 5.41) is 6.53. The third-order valence-electron chi connectivity index (χ3n) is 1.77. The van der Waals surface area contributed by atoms with Crippen molar-refractivity contribution in [3.05, 3.63) is 23.4 Å². The van der Waals surface area contributed by atoms with Gasteiger partial charge >= 0.3 is 0 Å². The Morgan fingerprint density at radius 2 is 1.93 bits per heavy atom. The molecule has 0 aromatic rings. The van der Waals surface area contributed by atoms with E-state index in [2.05, 4.69) is 37.5 Å². The Hall–Kier alpha value is -0.830. The zero-order valence-electron chi connectivity index (χ0n) is 9.48. The van der Waals surface area contributed by atoms with Gasteiger partial charge in [-0.2, -0.15) is 0 Å². The highest BCUT2D eigenvalue weighted by Gasteiger charge is 1.90. The van der Waals surface area contributed by atoms with Gasteiger partial charge in [-0.25, -0.2) is 0 Å². The van der Waals surface area contributed by atoms with Gasteiger partial charge in [0, 0.05) is 13.2 Å². The quantitative estimate of drug-likeness (QED) is 0.553. The summed E-state index contributed by atoms with van der Waals surface area (Å²) in [6, 6.07) is 0. The van der Waals surface area contributed by atoms with Crippen molar-refractivity contribution in [1.82, 2.24) is 10.6 Å². The van der Waals surface area contributed by atoms with Gasteiger partial charge in [0.2, 0.25) is 0 Å². The van der Waals surface area contributed by atoms with Gasteiger partial charge in [0.05, 0.1) is 0 Å². The van der Waals surface area contributed by atoms with Crippen molar-refractivity contribution in [2.75, 3.05) is 7.05 Å². The average Bonchev–Trinajstić information content (AvgIpc) is 2.13. The van der Waals surface area contributed by atoms with Crippen molar-refractivity contribution in [3.63, 3.8) is 0 Å². The maximum atomic E-state index is 4.95. The molecule has 0 aromatic carbocycles. The molecule has 0 aliphatic heterocycles. The fourth-order valence-electron chi connectivity index (χ4n) is 0.922. The van der Waals surface area contributed by atoms with E-state index in [0.29, 0.717) is 5.11 Å². The van der Waals surface area contributed by atoms with Crippen molar-refractivity contribution in [1.29, 1.82) is 0 Å². The Bertz CT molecular complexity index is 238. The summed E-state index contributed by atoms with van der Waals surface area (Å²) >= 11 is 4.95. The first-order chi connectivity index (χ1) is 6.56. The third kappa shape index (κ3) is 7.80. The second kappa shape index (κ2) is 7.56. The van der Waals surface area contributed by atoms with E-state index in [-0.39, 0.29) is 0 Å². The molecule has 80 valence electrons. The molecule has 0 spiro atoms. The summed E-state index contributed by atoms with van der Waals surface area (Å²) < 4.78 is 0. The van der Waals surface area contributed by atoms with Crippen molar-refractivity contribution in [3.8, 4) is 0 Å². The largest absolute Gasteiger partial charge is 0.366 e. The van der Waals surface area contributed by atoms with Crippen LogP contribution in [0.25, 0.3) is 0 Å². The normalized spacial score (nSPS) is 10.7. The van der Waals surface area contributed by atoms with Gasteiger partial charge in [0.1, 0.15) is 0 Å². The molecule has 3 heteroatoms. The lowest BCUT2D eigenvalue weighted by molar-refractivity contribution is 0.948. The Labute approximate surface area is 92.5 Å². The molecule has 0 rings (SSSR count). The highest BCUT2D eigenvalue weighted by molar-refractivity contribution is 7.80. The Balaban J connectivity index is 3.78. The van der Waals surface area contributed by atoms with E-state index >= 15 is 0 Å². The van der Waals surface area contributed by atoms with Crippen LogP contribution in [0.3, 0.4) is 0 Å². The van der Waals surface area contributed by atoms with Gasteiger partial charge in [0.15, 0.2) is 5.11 Å². The van der Waals surface area contributed by atoms with Gasteiger partial charge in [-0.3, -0.25) is 0 Å². The highest BCUT2D eigenvalue weighted by Crippen LogP contribution is 2.05. The molecule has 0 saturated heterocycles. The first kappa shape index (κ1) is 13.2. The number of hydrogen-bond donors (Lipinski definition) is 2. The molecule has 0 fully saturated rings. The fourth-order valence-corrected chi connectivity index (χ4v) is 0.981. The number of allylic oxidation sites excluding steroid dienone is 3. The van der Waals surface area contributed by atoms with Gasteiger partial charge < -0.3 is 10.6 Å². The van der Waals surface area contributed by atoms with Crippen LogP contribution in [0.5, 0.6) is 0 Å². The summed E-state index contributed by atoms with van der Waals surface area (Å²) in [6.07, 6.45) is 6.37. The molecule has 0 amide bonds.